The third-order valence-electron chi connectivity index (χ3n) is 21.4. The minimum absolute atomic E-state index is 0.832. The average molecular weight is 1300 g/mol. The van der Waals surface area contributed by atoms with E-state index >= 15 is 0 Å². The van der Waals surface area contributed by atoms with E-state index in [2.05, 4.69) is 381 Å². The Bertz CT molecular complexity index is 6080. The molecule has 0 N–H and O–H groups in total. The topological polar surface area (TPSA) is 32.8 Å². The largest absolute Gasteiger partial charge is 0.454 e. The first-order chi connectivity index (χ1) is 48.9. The molecule has 0 spiro atoms. The molecule has 2 aromatic heterocycles. The van der Waals surface area contributed by atoms with Gasteiger partial charge in [-0.25, -0.2) is 0 Å². The van der Waals surface area contributed by atoms with Gasteiger partial charge in [-0.05, 0) is 113 Å². The van der Waals surface area contributed by atoms with Crippen LogP contribution in [0.1, 0.15) is 22.3 Å². The van der Waals surface area contributed by atoms with Crippen LogP contribution in [-0.2, 0) is 5.41 Å². The average Bonchev–Trinajstić information content (AvgIpc) is 1.53. The fraction of sp³-hybridized carbons (Fsp3) is 0.0323. The lowest BCUT2D eigenvalue weighted by Crippen LogP contribution is -2.64. The quantitative estimate of drug-likeness (QED) is 0.0851. The number of benzene rings is 16. The Morgan fingerprint density at radius 1 is 0.313 bits per heavy atom. The number of para-hydroxylation sites is 4. The van der Waals surface area contributed by atoms with Crippen molar-refractivity contribution in [1.29, 1.82) is 0 Å². The number of rotatable bonds is 13. The molecule has 0 saturated heterocycles. The first-order valence-corrected chi connectivity index (χ1v) is 38.7. The zero-order valence-corrected chi connectivity index (χ0v) is 56.8. The van der Waals surface area contributed by atoms with E-state index in [1.54, 1.807) is 0 Å². The van der Waals surface area contributed by atoms with Crippen molar-refractivity contribution in [3.05, 3.63) is 380 Å². The predicted octanol–water partition coefficient (Wildman–Crippen LogP) is 21.6. The van der Waals surface area contributed by atoms with Crippen LogP contribution in [0.3, 0.4) is 0 Å². The van der Waals surface area contributed by atoms with Crippen LogP contribution < -0.4 is 35.7 Å². The maximum atomic E-state index is 7.71. The number of fused-ring (bicyclic) bond motifs is 13. The smallest absolute Gasteiger partial charge is 0.159 e. The molecule has 16 aromatic carbocycles. The highest BCUT2D eigenvalue weighted by atomic mass is 28.3. The third-order valence-corrected chi connectivity index (χ3v) is 28.2. The summed E-state index contributed by atoms with van der Waals surface area (Å²) in [6.07, 6.45) is 0. The van der Waals surface area contributed by atoms with E-state index in [4.69, 9.17) is 8.83 Å². The molecule has 4 nitrogen and oxygen atoms in total. The number of anilines is 6. The Morgan fingerprint density at radius 3 is 1.33 bits per heavy atom. The van der Waals surface area contributed by atoms with E-state index in [9.17, 15) is 0 Å². The second-order valence-corrected chi connectivity index (χ2v) is 32.8. The van der Waals surface area contributed by atoms with Gasteiger partial charge in [0.2, 0.25) is 0 Å². The van der Waals surface area contributed by atoms with Crippen molar-refractivity contribution in [1.82, 2.24) is 0 Å². The molecule has 19 rings (SSSR count). The second-order valence-electron chi connectivity index (χ2n) is 26.5. The van der Waals surface area contributed by atoms with Crippen LogP contribution in [0.15, 0.2) is 367 Å². The number of hydrogen-bond acceptors (Lipinski definition) is 4. The molecule has 0 unspecified atom stereocenters. The van der Waals surface area contributed by atoms with Crippen LogP contribution in [0, 0.1) is 0 Å². The van der Waals surface area contributed by atoms with E-state index in [1.807, 2.05) is 0 Å². The highest BCUT2D eigenvalue weighted by molar-refractivity contribution is 7.11. The second kappa shape index (κ2) is 23.4. The Morgan fingerprint density at radius 2 is 0.737 bits per heavy atom. The van der Waals surface area contributed by atoms with E-state index < -0.39 is 22.3 Å². The lowest BCUT2D eigenvalue weighted by atomic mass is 9.67. The lowest BCUT2D eigenvalue weighted by Gasteiger charge is -2.36. The zero-order chi connectivity index (χ0) is 65.8. The third kappa shape index (κ3) is 8.96. The van der Waals surface area contributed by atoms with Gasteiger partial charge in [0.05, 0.1) is 33.9 Å². The SMILES string of the molecule is C[Si](c1ccccc1)c1cccc2c1oc1c(N(c3cccc4ccccc34)c3cc4c(c5ccccc35)-c3ccc(N(c5cccc6ccccc56)c5cccc6c5oc5c([Si](C)(c7ccccc7)c7ccccc7)cccc56)cc3C4(c3ccccc3)c3ccccc3)cccc12. The first kappa shape index (κ1) is 58.3. The van der Waals surface area contributed by atoms with Gasteiger partial charge in [0, 0.05) is 43.4 Å². The van der Waals surface area contributed by atoms with Crippen LogP contribution in [0.2, 0.25) is 13.1 Å². The summed E-state index contributed by atoms with van der Waals surface area (Å²) in [7, 11) is -3.88. The summed E-state index contributed by atoms with van der Waals surface area (Å²) < 4.78 is 15.2. The van der Waals surface area contributed by atoms with Crippen LogP contribution in [0.25, 0.3) is 87.3 Å². The summed E-state index contributed by atoms with van der Waals surface area (Å²) in [5.41, 5.74) is 15.9. The normalized spacial score (nSPS) is 12.7. The number of nitrogens with zero attached hydrogens (tertiary/aromatic N) is 2. The van der Waals surface area contributed by atoms with Crippen LogP contribution in [-0.4, -0.2) is 16.9 Å². The van der Waals surface area contributed by atoms with Gasteiger partial charge in [-0.15, -0.1) is 0 Å². The van der Waals surface area contributed by atoms with Gasteiger partial charge in [-0.1, -0.05) is 334 Å². The summed E-state index contributed by atoms with van der Waals surface area (Å²) in [6.45, 7) is 4.87. The van der Waals surface area contributed by atoms with Crippen molar-refractivity contribution in [2.24, 2.45) is 0 Å². The zero-order valence-electron chi connectivity index (χ0n) is 54.8. The van der Waals surface area contributed by atoms with Crippen molar-refractivity contribution in [3.8, 4) is 11.1 Å². The van der Waals surface area contributed by atoms with Crippen molar-refractivity contribution in [3.63, 3.8) is 0 Å². The fourth-order valence-corrected chi connectivity index (χ4v) is 22.4. The van der Waals surface area contributed by atoms with Crippen molar-refractivity contribution < 1.29 is 8.83 Å². The summed E-state index contributed by atoms with van der Waals surface area (Å²) in [5, 5.41) is 17.7. The molecule has 0 atom stereocenters. The van der Waals surface area contributed by atoms with Crippen LogP contribution in [0.4, 0.5) is 34.1 Å². The van der Waals surface area contributed by atoms with Gasteiger partial charge in [-0.2, -0.15) is 0 Å². The summed E-state index contributed by atoms with van der Waals surface area (Å²) in [6, 6.07) is 133. The van der Waals surface area contributed by atoms with Crippen LogP contribution in [0.5, 0.6) is 0 Å². The minimum atomic E-state index is -2.67. The van der Waals surface area contributed by atoms with Crippen molar-refractivity contribution >= 4 is 153 Å². The molecule has 0 fully saturated rings. The summed E-state index contributed by atoms with van der Waals surface area (Å²) >= 11 is 0. The molecule has 18 aromatic rings. The van der Waals surface area contributed by atoms with Crippen molar-refractivity contribution in [2.75, 3.05) is 9.80 Å². The van der Waals surface area contributed by atoms with Crippen LogP contribution >= 0.6 is 0 Å². The molecule has 0 amide bonds. The summed E-state index contributed by atoms with van der Waals surface area (Å²) in [4.78, 5) is 5.00. The fourth-order valence-electron chi connectivity index (χ4n) is 16.8. The Balaban J connectivity index is 0.887. The van der Waals surface area contributed by atoms with Gasteiger partial charge in [-0.3, -0.25) is 0 Å². The van der Waals surface area contributed by atoms with Gasteiger partial charge < -0.3 is 18.6 Å². The first-order valence-electron chi connectivity index (χ1n) is 34.2. The molecule has 467 valence electrons. The molecular formula is C93H65N2O2Si2. The standard InChI is InChI=1S/C93H65N2O2Si2/c1-98(67-38-12-5-13-39-67)86-56-28-50-76-74-48-27-55-84(90(74)96-91(76)86)95(82-53-25-33-63-31-19-21-45-71(63)82)85-61-80-88(73-47-23-22-46-72(73)85)78-59-58-66(60-79(78)93(80,64-34-8-3-9-35-64)65-36-10-4-11-37-65)94(81-52-24-32-62-30-18-20-44-70(62)81)83-54-26-49-75-77-51-29-57-87(92(77)97-89(75)83)99(2,68-40-14-6-15-41-68)69-42-16-7-17-43-69/h3-61H,1-2H3. The molecule has 2 heterocycles. The molecule has 6 heteroatoms. The Labute approximate surface area is 577 Å². The predicted molar refractivity (Wildman–Crippen MR) is 421 cm³/mol. The van der Waals surface area contributed by atoms with Gasteiger partial charge in [0.1, 0.15) is 28.0 Å². The molecule has 0 aliphatic heterocycles. The van der Waals surface area contributed by atoms with Gasteiger partial charge >= 0.3 is 0 Å². The Kier molecular flexibility index (Phi) is 13.8. The van der Waals surface area contributed by atoms with E-state index in [0.717, 1.165) is 110 Å². The monoisotopic (exact) mass is 1300 g/mol. The molecule has 1 aliphatic carbocycles. The minimum Gasteiger partial charge on any atom is -0.454 e. The number of hydrogen-bond donors (Lipinski definition) is 0. The highest BCUT2D eigenvalue weighted by Gasteiger charge is 2.48. The summed E-state index contributed by atoms with van der Waals surface area (Å²) in [5.74, 6) is 0. The Hall–Kier alpha value is -12.1. The van der Waals surface area contributed by atoms with E-state index in [0.29, 0.717) is 0 Å². The molecule has 99 heavy (non-hydrogen) atoms. The highest BCUT2D eigenvalue weighted by Crippen LogP contribution is 2.62. The van der Waals surface area contributed by atoms with Gasteiger partial charge in [0.15, 0.2) is 11.2 Å². The number of furan rings is 2. The molecule has 1 aliphatic rings. The van der Waals surface area contributed by atoms with Gasteiger partial charge in [0.25, 0.3) is 0 Å². The molecule has 1 radical (unpaired) electrons. The maximum absolute atomic E-state index is 7.71. The lowest BCUT2D eigenvalue weighted by molar-refractivity contribution is 0.671. The molecule has 0 saturated carbocycles. The maximum Gasteiger partial charge on any atom is 0.159 e. The molecule has 0 bridgehead atoms. The van der Waals surface area contributed by atoms with E-state index in [1.165, 1.54) is 59.3 Å². The molecular weight excluding hydrogens is 1230 g/mol. The van der Waals surface area contributed by atoms with E-state index in [-0.39, 0.29) is 0 Å². The van der Waals surface area contributed by atoms with Crippen molar-refractivity contribution in [2.45, 2.75) is 18.5 Å².